The highest BCUT2D eigenvalue weighted by Crippen LogP contribution is 2.26. The zero-order valence-electron chi connectivity index (χ0n) is 11.1. The smallest absolute Gasteiger partial charge is 0.256 e. The van der Waals surface area contributed by atoms with E-state index in [9.17, 15) is 9.90 Å². The average Bonchev–Trinajstić information content (AvgIpc) is 2.47. The van der Waals surface area contributed by atoms with Crippen LogP contribution in [0.2, 0.25) is 0 Å². The lowest BCUT2D eigenvalue weighted by Gasteiger charge is -2.15. The Morgan fingerprint density at radius 2 is 1.85 bits per heavy atom. The first-order valence-corrected chi connectivity index (χ1v) is 7.25. The van der Waals surface area contributed by atoms with Crippen molar-refractivity contribution in [2.45, 2.75) is 19.4 Å². The lowest BCUT2D eigenvalue weighted by Crippen LogP contribution is -2.14. The Kier molecular flexibility index (Phi) is 4.93. The molecule has 0 radical (unpaired) electrons. The lowest BCUT2D eigenvalue weighted by molar-refractivity contribution is 0.102. The molecule has 2 aromatic rings. The minimum atomic E-state index is -0.578. The van der Waals surface area contributed by atoms with Gasteiger partial charge in [-0.15, -0.1) is 0 Å². The Morgan fingerprint density at radius 1 is 1.20 bits per heavy atom. The number of carbonyl (C=O) groups is 1. The summed E-state index contributed by atoms with van der Waals surface area (Å²) < 4.78 is 0.742. The Hall–Kier alpha value is -1.65. The highest BCUT2D eigenvalue weighted by Gasteiger charge is 2.14. The number of hydrogen-bond acceptors (Lipinski definition) is 2. The van der Waals surface area contributed by atoms with Crippen LogP contribution < -0.4 is 5.32 Å². The second kappa shape index (κ2) is 6.68. The van der Waals surface area contributed by atoms with Crippen molar-refractivity contribution in [1.29, 1.82) is 0 Å². The van der Waals surface area contributed by atoms with Crippen LogP contribution in [0.5, 0.6) is 0 Å². The number of amides is 1. The molecule has 0 aliphatic carbocycles. The molecular formula is C16H16BrNO2. The third-order valence-corrected chi connectivity index (χ3v) is 3.76. The van der Waals surface area contributed by atoms with Gasteiger partial charge in [-0.1, -0.05) is 37.3 Å². The number of hydrogen-bond donors (Lipinski definition) is 2. The number of benzene rings is 2. The topological polar surface area (TPSA) is 49.3 Å². The van der Waals surface area contributed by atoms with Crippen LogP contribution in [0.1, 0.15) is 35.4 Å². The zero-order valence-corrected chi connectivity index (χ0v) is 12.7. The molecule has 2 N–H and O–H groups in total. The first-order chi connectivity index (χ1) is 9.63. The molecule has 0 unspecified atom stereocenters. The number of rotatable bonds is 4. The molecule has 0 fully saturated rings. The van der Waals surface area contributed by atoms with Crippen molar-refractivity contribution in [2.24, 2.45) is 0 Å². The van der Waals surface area contributed by atoms with Crippen LogP contribution in [0.15, 0.2) is 53.0 Å². The summed E-state index contributed by atoms with van der Waals surface area (Å²) in [6.45, 7) is 1.90. The molecule has 2 rings (SSSR count). The van der Waals surface area contributed by atoms with E-state index in [1.54, 1.807) is 12.1 Å². The molecule has 2 aromatic carbocycles. The van der Waals surface area contributed by atoms with E-state index in [0.717, 1.165) is 10.0 Å². The van der Waals surface area contributed by atoms with E-state index >= 15 is 0 Å². The maximum Gasteiger partial charge on any atom is 0.256 e. The summed E-state index contributed by atoms with van der Waals surface area (Å²) in [5, 5.41) is 12.8. The van der Waals surface area contributed by atoms with Gasteiger partial charge >= 0.3 is 0 Å². The number of anilines is 1. The van der Waals surface area contributed by atoms with Crippen molar-refractivity contribution in [3.05, 3.63) is 64.1 Å². The molecule has 0 heterocycles. The van der Waals surface area contributed by atoms with Crippen LogP contribution in [0.3, 0.4) is 0 Å². The first-order valence-electron chi connectivity index (χ1n) is 6.46. The molecule has 0 saturated heterocycles. The lowest BCUT2D eigenvalue weighted by atomic mass is 10.0. The molecule has 3 nitrogen and oxygen atoms in total. The van der Waals surface area contributed by atoms with Gasteiger partial charge in [0.25, 0.3) is 5.91 Å². The largest absolute Gasteiger partial charge is 0.388 e. The third-order valence-electron chi connectivity index (χ3n) is 3.07. The zero-order chi connectivity index (χ0) is 14.5. The van der Waals surface area contributed by atoms with Gasteiger partial charge in [0.05, 0.1) is 11.7 Å². The van der Waals surface area contributed by atoms with Gasteiger partial charge in [-0.25, -0.2) is 0 Å². The fraction of sp³-hybridized carbons (Fsp3) is 0.188. The third kappa shape index (κ3) is 3.26. The second-order valence-electron chi connectivity index (χ2n) is 4.45. The van der Waals surface area contributed by atoms with Gasteiger partial charge in [-0.2, -0.15) is 0 Å². The van der Waals surface area contributed by atoms with Gasteiger partial charge in [0.15, 0.2) is 0 Å². The van der Waals surface area contributed by atoms with Crippen LogP contribution in [0.4, 0.5) is 5.69 Å². The Balaban J connectivity index is 2.27. The molecule has 0 aliphatic heterocycles. The summed E-state index contributed by atoms with van der Waals surface area (Å²) in [6.07, 6.45) is 0.0211. The molecule has 0 saturated carbocycles. The fourth-order valence-corrected chi connectivity index (χ4v) is 2.42. The summed E-state index contributed by atoms with van der Waals surface area (Å²) in [5.41, 5.74) is 1.94. The van der Waals surface area contributed by atoms with E-state index in [-0.39, 0.29) is 5.91 Å². The van der Waals surface area contributed by atoms with Crippen molar-refractivity contribution in [1.82, 2.24) is 0 Å². The number of carbonyl (C=O) groups excluding carboxylic acids is 1. The molecule has 1 amide bonds. The van der Waals surface area contributed by atoms with Gasteiger partial charge in [0.1, 0.15) is 0 Å². The van der Waals surface area contributed by atoms with Crippen molar-refractivity contribution in [3.8, 4) is 0 Å². The highest BCUT2D eigenvalue weighted by atomic mass is 79.9. The quantitative estimate of drug-likeness (QED) is 0.883. The molecule has 0 aromatic heterocycles. The predicted octanol–water partition coefficient (Wildman–Crippen LogP) is 4.14. The van der Waals surface area contributed by atoms with E-state index in [1.807, 2.05) is 43.3 Å². The number of aliphatic hydroxyl groups is 1. The number of nitrogens with one attached hydrogen (secondary N) is 1. The van der Waals surface area contributed by atoms with Crippen molar-refractivity contribution in [2.75, 3.05) is 5.32 Å². The van der Waals surface area contributed by atoms with E-state index in [4.69, 9.17) is 0 Å². The summed E-state index contributed by atoms with van der Waals surface area (Å²) in [4.78, 5) is 12.3. The predicted molar refractivity (Wildman–Crippen MR) is 83.8 cm³/mol. The van der Waals surface area contributed by atoms with Crippen molar-refractivity contribution < 1.29 is 9.90 Å². The standard InChI is InChI=1S/C16H16BrNO2/c1-2-15(19)12-8-4-6-10-14(12)18-16(20)11-7-3-5-9-13(11)17/h3-10,15,19H,2H2,1H3,(H,18,20)/t15-/m0/s1. The van der Waals surface area contributed by atoms with E-state index in [0.29, 0.717) is 17.7 Å². The van der Waals surface area contributed by atoms with Crippen LogP contribution >= 0.6 is 15.9 Å². The normalized spacial score (nSPS) is 11.9. The number of aliphatic hydroxyl groups excluding tert-OH is 1. The summed E-state index contributed by atoms with van der Waals surface area (Å²) in [7, 11) is 0. The summed E-state index contributed by atoms with van der Waals surface area (Å²) >= 11 is 3.36. The number of halogens is 1. The minimum absolute atomic E-state index is 0.201. The molecule has 0 spiro atoms. The highest BCUT2D eigenvalue weighted by molar-refractivity contribution is 9.10. The van der Waals surface area contributed by atoms with Gasteiger partial charge in [0.2, 0.25) is 0 Å². The second-order valence-corrected chi connectivity index (χ2v) is 5.30. The maximum absolute atomic E-state index is 12.3. The van der Waals surface area contributed by atoms with Crippen LogP contribution in [0, 0.1) is 0 Å². The minimum Gasteiger partial charge on any atom is -0.388 e. The van der Waals surface area contributed by atoms with Crippen molar-refractivity contribution >= 4 is 27.5 Å². The molecule has 1 atom stereocenters. The molecule has 4 heteroatoms. The summed E-state index contributed by atoms with van der Waals surface area (Å²) in [5.74, 6) is -0.201. The monoisotopic (exact) mass is 333 g/mol. The molecular weight excluding hydrogens is 318 g/mol. The van der Waals surface area contributed by atoms with Gasteiger partial charge < -0.3 is 10.4 Å². The SMILES string of the molecule is CC[C@H](O)c1ccccc1NC(=O)c1ccccc1Br. The molecule has 0 bridgehead atoms. The van der Waals surface area contributed by atoms with Gasteiger partial charge in [-0.3, -0.25) is 4.79 Å². The van der Waals surface area contributed by atoms with E-state index < -0.39 is 6.10 Å². The first kappa shape index (κ1) is 14.8. The van der Waals surface area contributed by atoms with Gasteiger partial charge in [-0.05, 0) is 40.5 Å². The van der Waals surface area contributed by atoms with Gasteiger partial charge in [0, 0.05) is 15.7 Å². The Bertz CT molecular complexity index is 613. The Labute approximate surface area is 126 Å². The van der Waals surface area contributed by atoms with E-state index in [2.05, 4.69) is 21.2 Å². The van der Waals surface area contributed by atoms with Crippen LogP contribution in [0.25, 0.3) is 0 Å². The number of para-hydroxylation sites is 1. The van der Waals surface area contributed by atoms with Crippen LogP contribution in [-0.2, 0) is 0 Å². The fourth-order valence-electron chi connectivity index (χ4n) is 1.96. The average molecular weight is 334 g/mol. The van der Waals surface area contributed by atoms with Crippen LogP contribution in [-0.4, -0.2) is 11.0 Å². The molecule has 0 aliphatic rings. The maximum atomic E-state index is 12.3. The van der Waals surface area contributed by atoms with Crippen molar-refractivity contribution in [3.63, 3.8) is 0 Å². The molecule has 104 valence electrons. The Morgan fingerprint density at radius 3 is 2.55 bits per heavy atom. The molecule has 20 heavy (non-hydrogen) atoms. The van der Waals surface area contributed by atoms with E-state index in [1.165, 1.54) is 0 Å². The summed E-state index contributed by atoms with van der Waals surface area (Å²) in [6, 6.07) is 14.5.